The van der Waals surface area contributed by atoms with E-state index < -0.39 is 12.0 Å². The first-order valence-corrected chi connectivity index (χ1v) is 8.90. The van der Waals surface area contributed by atoms with Crippen LogP contribution in [-0.4, -0.2) is 70.8 Å². The Hall–Kier alpha value is -2.58. The third kappa shape index (κ3) is 4.23. The summed E-state index contributed by atoms with van der Waals surface area (Å²) in [6.45, 7) is 3.63. The summed E-state index contributed by atoms with van der Waals surface area (Å²) in [7, 11) is 5.10. The third-order valence-corrected chi connectivity index (χ3v) is 5.02. The number of aliphatic carboxylic acids is 1. The molecule has 1 saturated heterocycles. The molecule has 1 aliphatic rings. The fraction of sp³-hybridized carbons (Fsp3) is 0.474. The molecule has 1 aromatic heterocycles. The molecule has 1 N–H and O–H groups in total. The number of piperazine rings is 1. The van der Waals surface area contributed by atoms with E-state index in [4.69, 9.17) is 9.47 Å². The summed E-state index contributed by atoms with van der Waals surface area (Å²) >= 11 is 0. The summed E-state index contributed by atoms with van der Waals surface area (Å²) in [6.07, 6.45) is 3.72. The van der Waals surface area contributed by atoms with Gasteiger partial charge in [0.05, 0.1) is 20.8 Å². The zero-order chi connectivity index (χ0) is 19.4. The molecule has 3 rings (SSSR count). The molecule has 2 heterocycles. The van der Waals surface area contributed by atoms with Gasteiger partial charge in [0, 0.05) is 51.2 Å². The van der Waals surface area contributed by atoms with Crippen molar-refractivity contribution in [2.24, 2.45) is 7.05 Å². The summed E-state index contributed by atoms with van der Waals surface area (Å²) in [6, 6.07) is 4.50. The number of hydrogen-bond donors (Lipinski definition) is 1. The van der Waals surface area contributed by atoms with Crippen LogP contribution in [0.25, 0.3) is 0 Å². The Bertz CT molecular complexity index is 784. The Morgan fingerprint density at radius 3 is 2.52 bits per heavy atom. The van der Waals surface area contributed by atoms with E-state index in [1.807, 2.05) is 22.7 Å². The number of imidazole rings is 1. The maximum absolute atomic E-state index is 12.1. The molecule has 1 atom stereocenters. The normalized spacial score (nSPS) is 16.9. The molecule has 27 heavy (non-hydrogen) atoms. The van der Waals surface area contributed by atoms with Gasteiger partial charge in [-0.3, -0.25) is 14.6 Å². The summed E-state index contributed by atoms with van der Waals surface area (Å²) in [5.74, 6) is 1.29. The van der Waals surface area contributed by atoms with Crippen LogP contribution in [0.3, 0.4) is 0 Å². The van der Waals surface area contributed by atoms with E-state index in [1.165, 1.54) is 0 Å². The molecule has 0 spiro atoms. The Morgan fingerprint density at radius 1 is 1.22 bits per heavy atom. The molecule has 0 bridgehead atoms. The van der Waals surface area contributed by atoms with Crippen molar-refractivity contribution in [1.82, 2.24) is 19.4 Å². The molecular weight excluding hydrogens is 348 g/mol. The van der Waals surface area contributed by atoms with E-state index in [2.05, 4.69) is 9.88 Å². The fourth-order valence-electron chi connectivity index (χ4n) is 3.47. The van der Waals surface area contributed by atoms with Crippen LogP contribution in [-0.2, 0) is 18.4 Å². The van der Waals surface area contributed by atoms with Crippen LogP contribution < -0.4 is 9.47 Å². The average Bonchev–Trinajstić information content (AvgIpc) is 3.07. The van der Waals surface area contributed by atoms with Gasteiger partial charge in [-0.1, -0.05) is 0 Å². The fourth-order valence-corrected chi connectivity index (χ4v) is 3.47. The van der Waals surface area contributed by atoms with E-state index >= 15 is 0 Å². The van der Waals surface area contributed by atoms with Gasteiger partial charge in [0.25, 0.3) is 0 Å². The Morgan fingerprint density at radius 2 is 1.96 bits per heavy atom. The zero-order valence-corrected chi connectivity index (χ0v) is 16.0. The first-order valence-electron chi connectivity index (χ1n) is 8.90. The number of ether oxygens (including phenoxy) is 2. The minimum absolute atomic E-state index is 0.554. The molecule has 1 unspecified atom stereocenters. The van der Waals surface area contributed by atoms with Gasteiger partial charge in [-0.25, -0.2) is 4.98 Å². The van der Waals surface area contributed by atoms with Gasteiger partial charge in [0.1, 0.15) is 23.4 Å². The topological polar surface area (TPSA) is 80.1 Å². The standard InChI is InChI=1S/C19H26N4O4/c1-21-7-6-20-17(21)13-22-8-10-23(11-9-22)18(19(24)25)15-12-14(26-2)4-5-16(15)27-3/h4-7,12,18H,8-11,13H2,1-3H3,(H,24,25). The van der Waals surface area contributed by atoms with Crippen LogP contribution in [0, 0.1) is 0 Å². The van der Waals surface area contributed by atoms with Crippen molar-refractivity contribution in [2.75, 3.05) is 40.4 Å². The highest BCUT2D eigenvalue weighted by atomic mass is 16.5. The van der Waals surface area contributed by atoms with Crippen LogP contribution in [0.5, 0.6) is 11.5 Å². The molecule has 2 aromatic rings. The Balaban J connectivity index is 1.74. The number of methoxy groups -OCH3 is 2. The van der Waals surface area contributed by atoms with Crippen LogP contribution in [0.15, 0.2) is 30.6 Å². The second kappa shape index (κ2) is 8.41. The van der Waals surface area contributed by atoms with Crippen molar-refractivity contribution < 1.29 is 19.4 Å². The van der Waals surface area contributed by atoms with E-state index in [9.17, 15) is 9.90 Å². The lowest BCUT2D eigenvalue weighted by Crippen LogP contribution is -2.49. The lowest BCUT2D eigenvalue weighted by molar-refractivity contribution is -0.144. The molecule has 146 valence electrons. The zero-order valence-electron chi connectivity index (χ0n) is 16.0. The summed E-state index contributed by atoms with van der Waals surface area (Å²) in [4.78, 5) is 20.7. The maximum atomic E-state index is 12.1. The minimum atomic E-state index is -0.890. The number of carboxylic acid groups (broad SMARTS) is 1. The highest BCUT2D eigenvalue weighted by Gasteiger charge is 2.33. The molecule has 0 radical (unpaired) electrons. The van der Waals surface area contributed by atoms with Gasteiger partial charge < -0.3 is 19.1 Å². The third-order valence-electron chi connectivity index (χ3n) is 5.02. The first-order chi connectivity index (χ1) is 13.0. The highest BCUT2D eigenvalue weighted by molar-refractivity contribution is 5.77. The molecule has 8 heteroatoms. The van der Waals surface area contributed by atoms with Gasteiger partial charge >= 0.3 is 5.97 Å². The van der Waals surface area contributed by atoms with E-state index in [0.717, 1.165) is 25.5 Å². The number of aryl methyl sites for hydroxylation is 1. The van der Waals surface area contributed by atoms with Crippen molar-refractivity contribution in [1.29, 1.82) is 0 Å². The Kier molecular flexibility index (Phi) is 5.98. The Labute approximate surface area is 158 Å². The number of benzene rings is 1. The van der Waals surface area contributed by atoms with Gasteiger partial charge in [0.15, 0.2) is 0 Å². The second-order valence-electron chi connectivity index (χ2n) is 6.62. The van der Waals surface area contributed by atoms with Crippen LogP contribution in [0.2, 0.25) is 0 Å². The van der Waals surface area contributed by atoms with Crippen molar-refractivity contribution >= 4 is 5.97 Å². The molecule has 1 aromatic carbocycles. The van der Waals surface area contributed by atoms with E-state index in [1.54, 1.807) is 38.6 Å². The number of rotatable bonds is 7. The van der Waals surface area contributed by atoms with Crippen LogP contribution >= 0.6 is 0 Å². The lowest BCUT2D eigenvalue weighted by Gasteiger charge is -2.38. The van der Waals surface area contributed by atoms with Crippen molar-refractivity contribution in [3.8, 4) is 11.5 Å². The summed E-state index contributed by atoms with van der Waals surface area (Å²) < 4.78 is 12.7. The SMILES string of the molecule is COc1ccc(OC)c(C(C(=O)O)N2CCN(Cc3nccn3C)CC2)c1. The van der Waals surface area contributed by atoms with Crippen molar-refractivity contribution in [3.05, 3.63) is 42.0 Å². The molecule has 0 amide bonds. The minimum Gasteiger partial charge on any atom is -0.497 e. The predicted molar refractivity (Wildman–Crippen MR) is 100.0 cm³/mol. The molecule has 0 aliphatic carbocycles. The van der Waals surface area contributed by atoms with Gasteiger partial charge in [-0.15, -0.1) is 0 Å². The highest BCUT2D eigenvalue weighted by Crippen LogP contribution is 2.33. The van der Waals surface area contributed by atoms with E-state index in [-0.39, 0.29) is 0 Å². The van der Waals surface area contributed by atoms with Gasteiger partial charge in [0.2, 0.25) is 0 Å². The smallest absolute Gasteiger partial charge is 0.325 e. The molecule has 8 nitrogen and oxygen atoms in total. The molecule has 1 aliphatic heterocycles. The molecule has 0 saturated carbocycles. The largest absolute Gasteiger partial charge is 0.497 e. The van der Waals surface area contributed by atoms with E-state index in [0.29, 0.717) is 30.2 Å². The van der Waals surface area contributed by atoms with Crippen LogP contribution in [0.4, 0.5) is 0 Å². The maximum Gasteiger partial charge on any atom is 0.325 e. The quantitative estimate of drug-likeness (QED) is 0.784. The summed E-state index contributed by atoms with van der Waals surface area (Å²) in [5.41, 5.74) is 0.613. The van der Waals surface area contributed by atoms with Gasteiger partial charge in [-0.05, 0) is 18.2 Å². The molecule has 1 fully saturated rings. The van der Waals surface area contributed by atoms with Crippen LogP contribution in [0.1, 0.15) is 17.4 Å². The second-order valence-corrected chi connectivity index (χ2v) is 6.62. The predicted octanol–water partition coefficient (Wildman–Crippen LogP) is 1.38. The first kappa shape index (κ1) is 19.2. The number of nitrogens with zero attached hydrogens (tertiary/aromatic N) is 4. The number of carboxylic acids is 1. The summed E-state index contributed by atoms with van der Waals surface area (Å²) in [5, 5.41) is 9.91. The van der Waals surface area contributed by atoms with Crippen molar-refractivity contribution in [2.45, 2.75) is 12.6 Å². The number of hydrogen-bond acceptors (Lipinski definition) is 6. The molecular formula is C19H26N4O4. The monoisotopic (exact) mass is 374 g/mol. The number of aromatic nitrogens is 2. The average molecular weight is 374 g/mol. The lowest BCUT2D eigenvalue weighted by atomic mass is 10.0. The van der Waals surface area contributed by atoms with Crippen molar-refractivity contribution in [3.63, 3.8) is 0 Å². The number of carbonyl (C=O) groups is 1. The van der Waals surface area contributed by atoms with Gasteiger partial charge in [-0.2, -0.15) is 0 Å².